The van der Waals surface area contributed by atoms with Crippen molar-refractivity contribution in [3.63, 3.8) is 0 Å². The highest BCUT2D eigenvalue weighted by molar-refractivity contribution is 7.89. The van der Waals surface area contributed by atoms with Gasteiger partial charge in [-0.2, -0.15) is 9.57 Å². The first-order chi connectivity index (χ1) is 16.0. The molecule has 1 aliphatic heterocycles. The molecule has 0 unspecified atom stereocenters. The largest absolute Gasteiger partial charge is 0.343 e. The van der Waals surface area contributed by atoms with E-state index in [9.17, 15) is 13.2 Å². The van der Waals surface area contributed by atoms with Gasteiger partial charge in [0.2, 0.25) is 15.9 Å². The number of nitriles is 1. The Bertz CT molecular complexity index is 1210. The second-order valence-electron chi connectivity index (χ2n) is 7.74. The topological polar surface area (TPSA) is 93.5 Å². The lowest BCUT2D eigenvalue weighted by Gasteiger charge is -2.33. The fourth-order valence-electron chi connectivity index (χ4n) is 3.81. The molecule has 1 aliphatic rings. The summed E-state index contributed by atoms with van der Waals surface area (Å²) in [5.41, 5.74) is 1.44. The summed E-state index contributed by atoms with van der Waals surface area (Å²) in [6.07, 6.45) is 0. The third-order valence-electron chi connectivity index (χ3n) is 5.59. The molecule has 1 atom stereocenters. The average Bonchev–Trinajstić information content (AvgIpc) is 3.38. The highest BCUT2D eigenvalue weighted by Crippen LogP contribution is 2.26. The lowest BCUT2D eigenvalue weighted by Crippen LogP contribution is -2.51. The summed E-state index contributed by atoms with van der Waals surface area (Å²) in [5.74, 6) is -0.0966. The van der Waals surface area contributed by atoms with Gasteiger partial charge in [0.15, 0.2) is 0 Å². The van der Waals surface area contributed by atoms with Crippen molar-refractivity contribution in [3.05, 3.63) is 88.1 Å². The molecule has 2 heterocycles. The normalized spacial score (nSPS) is 16.1. The highest BCUT2D eigenvalue weighted by atomic mass is 32.2. The van der Waals surface area contributed by atoms with E-state index in [-0.39, 0.29) is 23.4 Å². The maximum absolute atomic E-state index is 12.9. The maximum atomic E-state index is 12.9. The van der Waals surface area contributed by atoms with Crippen molar-refractivity contribution in [3.8, 4) is 6.07 Å². The fourth-order valence-corrected chi connectivity index (χ4v) is 6.03. The van der Waals surface area contributed by atoms with E-state index >= 15 is 0 Å². The molecule has 1 aromatic heterocycles. The zero-order valence-corrected chi connectivity index (χ0v) is 19.6. The number of hydrogen-bond donors (Lipinski definition) is 1. The second-order valence-corrected chi connectivity index (χ2v) is 10.7. The zero-order chi connectivity index (χ0) is 23.3. The van der Waals surface area contributed by atoms with Gasteiger partial charge in [-0.05, 0) is 41.3 Å². The first kappa shape index (κ1) is 23.1. The number of nitrogens with zero attached hydrogens (tertiary/aromatic N) is 3. The van der Waals surface area contributed by atoms with E-state index in [1.165, 1.54) is 28.6 Å². The Balaban J connectivity index is 1.35. The summed E-state index contributed by atoms with van der Waals surface area (Å²) >= 11 is 1.60. The molecular formula is C24H24N4O3S2. The van der Waals surface area contributed by atoms with Crippen molar-refractivity contribution in [2.45, 2.75) is 10.9 Å². The fraction of sp³-hybridized carbons (Fsp3) is 0.250. The van der Waals surface area contributed by atoms with Crippen LogP contribution in [-0.4, -0.2) is 56.3 Å². The first-order valence-corrected chi connectivity index (χ1v) is 12.9. The van der Waals surface area contributed by atoms with Crippen molar-refractivity contribution in [2.75, 3.05) is 32.7 Å². The minimum absolute atomic E-state index is 0.0966. The Morgan fingerprint density at radius 1 is 1.00 bits per heavy atom. The molecule has 7 nitrogen and oxygen atoms in total. The van der Waals surface area contributed by atoms with Gasteiger partial charge in [-0.1, -0.05) is 36.4 Å². The van der Waals surface area contributed by atoms with Gasteiger partial charge in [-0.3, -0.25) is 9.69 Å². The SMILES string of the molecule is N#Cc1ccc(S(=O)(=O)N2CCN(CC(=O)N[C@H](c3ccccc3)c3cccs3)CC2)cc1. The van der Waals surface area contributed by atoms with Crippen LogP contribution in [0.4, 0.5) is 0 Å². The van der Waals surface area contributed by atoms with Gasteiger partial charge in [0.25, 0.3) is 0 Å². The molecule has 3 aromatic rings. The number of nitrogens with one attached hydrogen (secondary N) is 1. The van der Waals surface area contributed by atoms with Crippen LogP contribution in [0.15, 0.2) is 77.0 Å². The molecule has 1 saturated heterocycles. The van der Waals surface area contributed by atoms with E-state index in [0.29, 0.717) is 31.7 Å². The Hall–Kier alpha value is -3.03. The van der Waals surface area contributed by atoms with Crippen LogP contribution in [-0.2, 0) is 14.8 Å². The van der Waals surface area contributed by atoms with Gasteiger partial charge < -0.3 is 5.32 Å². The molecule has 170 valence electrons. The van der Waals surface area contributed by atoms with Gasteiger partial charge in [-0.15, -0.1) is 11.3 Å². The van der Waals surface area contributed by atoms with E-state index in [1.54, 1.807) is 11.3 Å². The molecule has 33 heavy (non-hydrogen) atoms. The van der Waals surface area contributed by atoms with Gasteiger partial charge >= 0.3 is 0 Å². The predicted octanol–water partition coefficient (Wildman–Crippen LogP) is 2.83. The quantitative estimate of drug-likeness (QED) is 0.561. The standard InChI is InChI=1S/C24H24N4O3S2/c25-17-19-8-10-21(11-9-19)33(30,31)28-14-12-27(13-15-28)18-23(29)26-24(22-7-4-16-32-22)20-5-2-1-3-6-20/h1-11,16,24H,12-15,18H2,(H,26,29)/t24-/m1/s1. The molecule has 4 rings (SSSR count). The summed E-state index contributed by atoms with van der Waals surface area (Å²) in [6.45, 7) is 1.76. The molecule has 1 amide bonds. The molecule has 0 saturated carbocycles. The zero-order valence-electron chi connectivity index (χ0n) is 17.9. The Morgan fingerprint density at radius 2 is 1.70 bits per heavy atom. The van der Waals surface area contributed by atoms with Crippen LogP contribution in [0.2, 0.25) is 0 Å². The third-order valence-corrected chi connectivity index (χ3v) is 8.44. The molecule has 1 N–H and O–H groups in total. The van der Waals surface area contributed by atoms with E-state index in [0.717, 1.165) is 10.4 Å². The summed E-state index contributed by atoms with van der Waals surface area (Å²) in [7, 11) is -3.63. The van der Waals surface area contributed by atoms with E-state index < -0.39 is 10.0 Å². The van der Waals surface area contributed by atoms with E-state index in [2.05, 4.69) is 5.32 Å². The minimum atomic E-state index is -3.63. The van der Waals surface area contributed by atoms with Crippen LogP contribution in [0, 0.1) is 11.3 Å². The summed E-state index contributed by atoms with van der Waals surface area (Å²) < 4.78 is 27.2. The predicted molar refractivity (Wildman–Crippen MR) is 127 cm³/mol. The summed E-state index contributed by atoms with van der Waals surface area (Å²) in [5, 5.41) is 14.0. The van der Waals surface area contributed by atoms with Crippen LogP contribution in [0.5, 0.6) is 0 Å². The number of carbonyl (C=O) groups excluding carboxylic acids is 1. The van der Waals surface area contributed by atoms with E-state index in [1.807, 2.05) is 58.8 Å². The van der Waals surface area contributed by atoms with Crippen molar-refractivity contribution in [2.24, 2.45) is 0 Å². The highest BCUT2D eigenvalue weighted by Gasteiger charge is 2.29. The molecule has 2 aromatic carbocycles. The number of benzene rings is 2. The summed E-state index contributed by atoms with van der Waals surface area (Å²) in [6, 6.07) is 21.5. The van der Waals surface area contributed by atoms with Crippen molar-refractivity contribution >= 4 is 27.3 Å². The van der Waals surface area contributed by atoms with Gasteiger partial charge in [-0.25, -0.2) is 8.42 Å². The van der Waals surface area contributed by atoms with Crippen molar-refractivity contribution < 1.29 is 13.2 Å². The number of rotatable bonds is 7. The molecular weight excluding hydrogens is 456 g/mol. The lowest BCUT2D eigenvalue weighted by molar-refractivity contribution is -0.123. The number of piperazine rings is 1. The molecule has 9 heteroatoms. The monoisotopic (exact) mass is 480 g/mol. The van der Waals surface area contributed by atoms with Crippen molar-refractivity contribution in [1.82, 2.24) is 14.5 Å². The van der Waals surface area contributed by atoms with Crippen LogP contribution < -0.4 is 5.32 Å². The van der Waals surface area contributed by atoms with Crippen LogP contribution in [0.1, 0.15) is 22.0 Å². The van der Waals surface area contributed by atoms with Crippen LogP contribution in [0.25, 0.3) is 0 Å². The number of thiophene rings is 1. The number of sulfonamides is 1. The molecule has 0 spiro atoms. The Kier molecular flexibility index (Phi) is 7.20. The maximum Gasteiger partial charge on any atom is 0.243 e. The van der Waals surface area contributed by atoms with Gasteiger partial charge in [0.1, 0.15) is 0 Å². The van der Waals surface area contributed by atoms with Gasteiger partial charge in [0, 0.05) is 31.1 Å². The number of hydrogen-bond acceptors (Lipinski definition) is 6. The van der Waals surface area contributed by atoms with E-state index in [4.69, 9.17) is 5.26 Å². The molecule has 0 bridgehead atoms. The third kappa shape index (κ3) is 5.49. The molecule has 0 aliphatic carbocycles. The molecule has 0 radical (unpaired) electrons. The van der Waals surface area contributed by atoms with Gasteiger partial charge in [0.05, 0.1) is 29.1 Å². The van der Waals surface area contributed by atoms with Crippen molar-refractivity contribution in [1.29, 1.82) is 5.26 Å². The van der Waals surface area contributed by atoms with Crippen LogP contribution >= 0.6 is 11.3 Å². The second kappa shape index (κ2) is 10.3. The first-order valence-electron chi connectivity index (χ1n) is 10.6. The smallest absolute Gasteiger partial charge is 0.243 e. The number of carbonyl (C=O) groups is 1. The van der Waals surface area contributed by atoms with Crippen LogP contribution in [0.3, 0.4) is 0 Å². The Labute approximate surface area is 197 Å². The number of amides is 1. The average molecular weight is 481 g/mol. The lowest BCUT2D eigenvalue weighted by atomic mass is 10.1. The Morgan fingerprint density at radius 3 is 2.30 bits per heavy atom. The molecule has 1 fully saturated rings. The summed E-state index contributed by atoms with van der Waals surface area (Å²) in [4.78, 5) is 16.1. The minimum Gasteiger partial charge on any atom is -0.343 e.